The SMILES string of the molecule is CCC([C@@H]1CCC(I)C(O)O1)C(C)(C)[S+]([O-])NC. The summed E-state index contributed by atoms with van der Waals surface area (Å²) in [5, 5.41) is 9.83. The van der Waals surface area contributed by atoms with Gasteiger partial charge in [0.05, 0.1) is 10.0 Å². The van der Waals surface area contributed by atoms with Gasteiger partial charge in [0.1, 0.15) is 4.75 Å². The third-order valence-electron chi connectivity index (χ3n) is 3.80. The van der Waals surface area contributed by atoms with Crippen LogP contribution in [0.4, 0.5) is 0 Å². The molecule has 1 aliphatic rings. The molecule has 0 aromatic rings. The van der Waals surface area contributed by atoms with E-state index < -0.39 is 17.7 Å². The molecule has 1 fully saturated rings. The van der Waals surface area contributed by atoms with E-state index in [0.717, 1.165) is 19.3 Å². The molecule has 5 atom stereocenters. The zero-order valence-corrected chi connectivity index (χ0v) is 14.5. The minimum absolute atomic E-state index is 0.0108. The second-order valence-corrected chi connectivity index (χ2v) is 8.85. The van der Waals surface area contributed by atoms with E-state index in [1.165, 1.54) is 0 Å². The summed E-state index contributed by atoms with van der Waals surface area (Å²) in [7, 11) is 1.71. The lowest BCUT2D eigenvalue weighted by Gasteiger charge is -2.41. The number of hydrogen-bond donors (Lipinski definition) is 2. The Morgan fingerprint density at radius 3 is 2.61 bits per heavy atom. The summed E-state index contributed by atoms with van der Waals surface area (Å²) in [6.07, 6.45) is 2.06. The summed E-state index contributed by atoms with van der Waals surface area (Å²) < 4.78 is 20.4. The first kappa shape index (κ1) is 17.0. The maximum atomic E-state index is 12.1. The molecule has 4 nitrogen and oxygen atoms in total. The average molecular weight is 389 g/mol. The molecule has 0 radical (unpaired) electrons. The normalized spacial score (nSPS) is 33.2. The van der Waals surface area contributed by atoms with Gasteiger partial charge in [-0.05, 0) is 33.1 Å². The fourth-order valence-electron chi connectivity index (χ4n) is 2.70. The molecule has 1 aliphatic heterocycles. The highest BCUT2D eigenvalue weighted by molar-refractivity contribution is 14.1. The molecule has 1 heterocycles. The largest absolute Gasteiger partial charge is 0.598 e. The van der Waals surface area contributed by atoms with E-state index in [2.05, 4.69) is 34.2 Å². The van der Waals surface area contributed by atoms with Crippen molar-refractivity contribution in [1.82, 2.24) is 4.72 Å². The fourth-order valence-corrected chi connectivity index (χ4v) is 4.35. The maximum Gasteiger partial charge on any atom is 0.166 e. The molecule has 0 aromatic heterocycles. The van der Waals surface area contributed by atoms with Gasteiger partial charge in [-0.2, -0.15) is 0 Å². The molecule has 2 N–H and O–H groups in total. The molecule has 1 saturated heterocycles. The maximum absolute atomic E-state index is 12.1. The first-order valence-electron chi connectivity index (χ1n) is 6.41. The molecule has 0 aliphatic carbocycles. The number of rotatable bonds is 5. The van der Waals surface area contributed by atoms with Crippen LogP contribution in [0.5, 0.6) is 0 Å². The number of nitrogens with one attached hydrogen (secondary N) is 1. The van der Waals surface area contributed by atoms with Gasteiger partial charge >= 0.3 is 0 Å². The van der Waals surface area contributed by atoms with Crippen molar-refractivity contribution < 1.29 is 14.4 Å². The Bertz CT molecular complexity index is 268. The van der Waals surface area contributed by atoms with Crippen LogP contribution in [0, 0.1) is 5.92 Å². The van der Waals surface area contributed by atoms with Crippen LogP contribution in [0.25, 0.3) is 0 Å². The van der Waals surface area contributed by atoms with Crippen LogP contribution in [-0.4, -0.2) is 37.8 Å². The van der Waals surface area contributed by atoms with Crippen LogP contribution in [-0.2, 0) is 16.1 Å². The van der Waals surface area contributed by atoms with Crippen molar-refractivity contribution in [2.45, 2.75) is 61.1 Å². The minimum Gasteiger partial charge on any atom is -0.598 e. The summed E-state index contributed by atoms with van der Waals surface area (Å²) in [4.78, 5) is 0. The second-order valence-electron chi connectivity index (χ2n) is 5.25. The number of aliphatic hydroxyl groups is 1. The number of alkyl halides is 1. The monoisotopic (exact) mass is 389 g/mol. The Hall–Kier alpha value is 0.920. The van der Waals surface area contributed by atoms with E-state index in [-0.39, 0.29) is 20.7 Å². The Labute approximate surface area is 127 Å². The smallest absolute Gasteiger partial charge is 0.166 e. The molecule has 18 heavy (non-hydrogen) atoms. The van der Waals surface area contributed by atoms with Crippen molar-refractivity contribution in [2.24, 2.45) is 5.92 Å². The van der Waals surface area contributed by atoms with Gasteiger partial charge in [-0.15, -0.1) is 4.72 Å². The van der Waals surface area contributed by atoms with Crippen LogP contribution < -0.4 is 4.72 Å². The summed E-state index contributed by atoms with van der Waals surface area (Å²) in [6, 6.07) is 0. The van der Waals surface area contributed by atoms with E-state index in [4.69, 9.17) is 4.74 Å². The van der Waals surface area contributed by atoms with Gasteiger partial charge in [0, 0.05) is 24.3 Å². The zero-order valence-electron chi connectivity index (χ0n) is 11.5. The predicted octanol–water partition coefficient (Wildman–Crippen LogP) is 1.98. The van der Waals surface area contributed by atoms with Gasteiger partial charge in [-0.3, -0.25) is 0 Å². The van der Waals surface area contributed by atoms with Crippen molar-refractivity contribution in [3.05, 3.63) is 0 Å². The van der Waals surface area contributed by atoms with Crippen molar-refractivity contribution in [2.75, 3.05) is 7.05 Å². The van der Waals surface area contributed by atoms with Crippen molar-refractivity contribution in [3.63, 3.8) is 0 Å². The van der Waals surface area contributed by atoms with E-state index >= 15 is 0 Å². The average Bonchev–Trinajstić information content (AvgIpc) is 2.33. The van der Waals surface area contributed by atoms with Gasteiger partial charge in [0.2, 0.25) is 0 Å². The Balaban J connectivity index is 2.77. The predicted molar refractivity (Wildman–Crippen MR) is 83.0 cm³/mol. The van der Waals surface area contributed by atoms with Crippen LogP contribution in [0.15, 0.2) is 0 Å². The van der Waals surface area contributed by atoms with Crippen molar-refractivity contribution in [3.8, 4) is 0 Å². The summed E-state index contributed by atoms with van der Waals surface area (Å²) in [5.41, 5.74) is 0. The van der Waals surface area contributed by atoms with Crippen LogP contribution in [0.1, 0.15) is 40.0 Å². The summed E-state index contributed by atoms with van der Waals surface area (Å²) in [5.74, 6) is 0.171. The van der Waals surface area contributed by atoms with Crippen LogP contribution in [0.2, 0.25) is 0 Å². The lowest BCUT2D eigenvalue weighted by Crippen LogP contribution is -2.52. The van der Waals surface area contributed by atoms with Crippen LogP contribution in [0.3, 0.4) is 0 Å². The molecule has 0 saturated carbocycles. The van der Waals surface area contributed by atoms with Crippen LogP contribution >= 0.6 is 22.6 Å². The molecule has 1 rings (SSSR count). The molecule has 4 unspecified atom stereocenters. The van der Waals surface area contributed by atoms with Gasteiger partial charge in [0.25, 0.3) is 0 Å². The number of halogens is 1. The zero-order chi connectivity index (χ0) is 13.9. The third kappa shape index (κ3) is 3.73. The highest BCUT2D eigenvalue weighted by atomic mass is 127. The Kier molecular flexibility index (Phi) is 6.68. The second kappa shape index (κ2) is 7.08. The molecule has 108 valence electrons. The molecule has 6 heteroatoms. The topological polar surface area (TPSA) is 64.5 Å². The van der Waals surface area contributed by atoms with E-state index in [1.807, 2.05) is 13.8 Å². The molecule has 0 aromatic carbocycles. The van der Waals surface area contributed by atoms with Gasteiger partial charge in [-0.25, -0.2) is 0 Å². The molecular formula is C12H24INO3S. The molecule has 0 spiro atoms. The highest BCUT2D eigenvalue weighted by Crippen LogP contribution is 2.37. The Morgan fingerprint density at radius 2 is 2.17 bits per heavy atom. The molecular weight excluding hydrogens is 365 g/mol. The van der Waals surface area contributed by atoms with Crippen molar-refractivity contribution >= 4 is 34.0 Å². The van der Waals surface area contributed by atoms with Gasteiger partial charge in [-0.1, -0.05) is 29.5 Å². The standard InChI is InChI=1S/C12H24INO3S/c1-5-8(12(2,3)18(16)14-4)10-7-6-9(13)11(15)17-10/h8-11,14-15H,5-7H2,1-4H3/t8?,9?,10-,11?,18?/m0/s1. The lowest BCUT2D eigenvalue weighted by molar-refractivity contribution is -0.173. The fraction of sp³-hybridized carbons (Fsp3) is 1.00. The van der Waals surface area contributed by atoms with E-state index in [0.29, 0.717) is 0 Å². The lowest BCUT2D eigenvalue weighted by atomic mass is 9.84. The first-order chi connectivity index (χ1) is 8.34. The quantitative estimate of drug-likeness (QED) is 0.429. The van der Waals surface area contributed by atoms with Gasteiger partial charge < -0.3 is 14.4 Å². The van der Waals surface area contributed by atoms with E-state index in [1.54, 1.807) is 7.05 Å². The number of ether oxygens (including phenoxy) is 1. The first-order valence-corrected chi connectivity index (χ1v) is 8.81. The Morgan fingerprint density at radius 1 is 1.56 bits per heavy atom. The summed E-state index contributed by atoms with van der Waals surface area (Å²) >= 11 is 1.12. The number of aliphatic hydroxyl groups excluding tert-OH is 1. The van der Waals surface area contributed by atoms with Gasteiger partial charge in [0.15, 0.2) is 6.29 Å². The van der Waals surface area contributed by atoms with Crippen molar-refractivity contribution in [1.29, 1.82) is 0 Å². The minimum atomic E-state index is -1.10. The molecule has 0 bridgehead atoms. The third-order valence-corrected chi connectivity index (χ3v) is 6.66. The van der Waals surface area contributed by atoms with E-state index in [9.17, 15) is 9.66 Å². The highest BCUT2D eigenvalue weighted by Gasteiger charge is 2.46. The summed E-state index contributed by atoms with van der Waals surface area (Å²) in [6.45, 7) is 6.09. The molecule has 0 amide bonds. The number of hydrogen-bond acceptors (Lipinski definition) is 4.